The summed E-state index contributed by atoms with van der Waals surface area (Å²) in [5.74, 6) is 0.233. The maximum atomic E-state index is 13.8. The van der Waals surface area contributed by atoms with Crippen LogP contribution < -0.4 is 0 Å². The van der Waals surface area contributed by atoms with Crippen molar-refractivity contribution in [2.75, 3.05) is 19.7 Å². The normalized spacial score (nSPS) is 15.1. The van der Waals surface area contributed by atoms with Crippen LogP contribution in [0.25, 0.3) is 22.1 Å². The number of H-pyrrole nitrogens is 1. The highest BCUT2D eigenvalue weighted by atomic mass is 32.2. The average molecular weight is 558 g/mol. The van der Waals surface area contributed by atoms with Crippen molar-refractivity contribution in [2.24, 2.45) is 0 Å². The van der Waals surface area contributed by atoms with Gasteiger partial charge in [0, 0.05) is 18.1 Å². The van der Waals surface area contributed by atoms with Gasteiger partial charge in [-0.3, -0.25) is 9.69 Å². The summed E-state index contributed by atoms with van der Waals surface area (Å²) in [4.78, 5) is 27.2. The average Bonchev–Trinajstić information content (AvgIpc) is 3.56. The van der Waals surface area contributed by atoms with Gasteiger partial charge in [0.05, 0.1) is 23.2 Å². The Morgan fingerprint density at radius 3 is 2.45 bits per heavy atom. The molecule has 0 bridgehead atoms. The number of imidazole rings is 1. The third-order valence-electron chi connectivity index (χ3n) is 7.51. The number of hydrogen-bond donors (Lipinski definition) is 1. The van der Waals surface area contributed by atoms with Crippen LogP contribution in [0.5, 0.6) is 0 Å². The van der Waals surface area contributed by atoms with E-state index >= 15 is 0 Å². The van der Waals surface area contributed by atoms with Gasteiger partial charge in [-0.05, 0) is 62.0 Å². The molecule has 6 rings (SSSR count). The summed E-state index contributed by atoms with van der Waals surface area (Å²) in [6.07, 6.45) is 5.07. The first-order valence-electron chi connectivity index (χ1n) is 13.5. The van der Waals surface area contributed by atoms with Gasteiger partial charge in [-0.25, -0.2) is 22.4 Å². The molecule has 2 aromatic carbocycles. The van der Waals surface area contributed by atoms with Crippen molar-refractivity contribution in [3.05, 3.63) is 90.0 Å². The lowest BCUT2D eigenvalue weighted by Gasteiger charge is -2.32. The fraction of sp³-hybridized carbons (Fsp3) is 0.300. The minimum Gasteiger partial charge on any atom is -0.466 e. The maximum Gasteiger partial charge on any atom is 0.313 e. The summed E-state index contributed by atoms with van der Waals surface area (Å²) in [5, 5.41) is 0.737. The Kier molecular flexibility index (Phi) is 7.12. The molecule has 5 aromatic rings. The van der Waals surface area contributed by atoms with Crippen molar-refractivity contribution in [1.29, 1.82) is 0 Å². The van der Waals surface area contributed by atoms with Crippen LogP contribution in [0.1, 0.15) is 42.6 Å². The van der Waals surface area contributed by atoms with Gasteiger partial charge in [0.25, 0.3) is 10.0 Å². The number of ether oxygens (including phenoxy) is 1. The zero-order chi connectivity index (χ0) is 27.7. The Balaban J connectivity index is 1.41. The Morgan fingerprint density at radius 1 is 1.05 bits per heavy atom. The first-order valence-corrected chi connectivity index (χ1v) is 15.0. The standard InChI is InChI=1S/C30H31N5O4S/c1-2-39-27(36)17-26-32-25-18-31-30-28(29(25)33-26)24(20-35(30)40(37,38)23-11-7-4-8-12-23)22-13-15-34(16-14-22)19-21-9-5-3-6-10-21/h3-12,18,20,22H,2,13-17,19H2,1H3,(H,32,33). The molecule has 1 fully saturated rings. The zero-order valence-corrected chi connectivity index (χ0v) is 23.1. The molecule has 0 atom stereocenters. The number of aromatic amines is 1. The second-order valence-electron chi connectivity index (χ2n) is 10.1. The Bertz CT molecular complexity index is 1760. The van der Waals surface area contributed by atoms with Gasteiger partial charge in [0.15, 0.2) is 5.65 Å². The van der Waals surface area contributed by atoms with E-state index < -0.39 is 10.0 Å². The second-order valence-corrected chi connectivity index (χ2v) is 11.9. The van der Waals surface area contributed by atoms with Crippen LogP contribution in [-0.2, 0) is 32.5 Å². The van der Waals surface area contributed by atoms with Crippen molar-refractivity contribution in [1.82, 2.24) is 23.8 Å². The molecule has 4 heterocycles. The highest BCUT2D eigenvalue weighted by Gasteiger charge is 2.30. The lowest BCUT2D eigenvalue weighted by Crippen LogP contribution is -2.32. The molecule has 0 unspecified atom stereocenters. The van der Waals surface area contributed by atoms with Crippen LogP contribution in [0, 0.1) is 0 Å². The van der Waals surface area contributed by atoms with Gasteiger partial charge < -0.3 is 9.72 Å². The van der Waals surface area contributed by atoms with Crippen LogP contribution in [0.2, 0.25) is 0 Å². The topological polar surface area (TPSA) is 110 Å². The molecule has 1 aliphatic heterocycles. The third kappa shape index (κ3) is 5.00. The number of nitrogens with zero attached hydrogens (tertiary/aromatic N) is 4. The van der Waals surface area contributed by atoms with E-state index in [1.54, 1.807) is 49.6 Å². The Hall–Kier alpha value is -4.02. The van der Waals surface area contributed by atoms with E-state index in [-0.39, 0.29) is 29.8 Å². The van der Waals surface area contributed by atoms with Crippen LogP contribution in [-0.4, -0.2) is 57.9 Å². The lowest BCUT2D eigenvalue weighted by molar-refractivity contribution is -0.142. The fourth-order valence-electron chi connectivity index (χ4n) is 5.59. The number of nitrogens with one attached hydrogen (secondary N) is 1. The SMILES string of the molecule is CCOC(=O)Cc1nc2cnc3c(c(C4CCN(Cc5ccccc5)CC4)cn3S(=O)(=O)c3ccccc3)c2[nH]1. The van der Waals surface area contributed by atoms with Crippen LogP contribution in [0.3, 0.4) is 0 Å². The number of pyridine rings is 1. The largest absolute Gasteiger partial charge is 0.466 e. The highest BCUT2D eigenvalue weighted by molar-refractivity contribution is 7.90. The van der Waals surface area contributed by atoms with E-state index in [4.69, 9.17) is 4.74 Å². The molecule has 3 aromatic heterocycles. The highest BCUT2D eigenvalue weighted by Crippen LogP contribution is 2.38. The molecule has 0 radical (unpaired) electrons. The van der Waals surface area contributed by atoms with Gasteiger partial charge in [-0.2, -0.15) is 0 Å². The van der Waals surface area contributed by atoms with E-state index in [2.05, 4.69) is 44.1 Å². The number of benzene rings is 2. The van der Waals surface area contributed by atoms with Crippen molar-refractivity contribution < 1.29 is 17.9 Å². The Labute approximate surface area is 232 Å². The van der Waals surface area contributed by atoms with Crippen LogP contribution in [0.4, 0.5) is 0 Å². The molecule has 9 nitrogen and oxygen atoms in total. The molecule has 0 aliphatic carbocycles. The maximum absolute atomic E-state index is 13.8. The summed E-state index contributed by atoms with van der Waals surface area (Å²) in [6, 6.07) is 18.8. The summed E-state index contributed by atoms with van der Waals surface area (Å²) in [6.45, 7) is 4.74. The first kappa shape index (κ1) is 26.2. The van der Waals surface area contributed by atoms with E-state index in [1.807, 2.05) is 6.07 Å². The molecule has 0 saturated carbocycles. The number of likely N-dealkylation sites (tertiary alicyclic amines) is 1. The molecule has 0 spiro atoms. The summed E-state index contributed by atoms with van der Waals surface area (Å²) >= 11 is 0. The number of rotatable bonds is 8. The summed E-state index contributed by atoms with van der Waals surface area (Å²) < 4.78 is 34.0. The molecule has 1 saturated heterocycles. The number of carbonyl (C=O) groups is 1. The van der Waals surface area contributed by atoms with E-state index in [1.165, 1.54) is 9.54 Å². The number of aromatic nitrogens is 4. The fourth-order valence-corrected chi connectivity index (χ4v) is 6.93. The van der Waals surface area contributed by atoms with E-state index in [9.17, 15) is 13.2 Å². The van der Waals surface area contributed by atoms with Gasteiger partial charge >= 0.3 is 5.97 Å². The van der Waals surface area contributed by atoms with Gasteiger partial charge in [0.2, 0.25) is 0 Å². The number of hydrogen-bond acceptors (Lipinski definition) is 7. The van der Waals surface area contributed by atoms with Crippen molar-refractivity contribution in [3.63, 3.8) is 0 Å². The molecule has 40 heavy (non-hydrogen) atoms. The van der Waals surface area contributed by atoms with E-state index in [0.717, 1.165) is 43.4 Å². The van der Waals surface area contributed by atoms with Crippen molar-refractivity contribution in [3.8, 4) is 0 Å². The minimum absolute atomic E-state index is 0.000242. The first-order chi connectivity index (χ1) is 19.4. The van der Waals surface area contributed by atoms with Gasteiger partial charge in [0.1, 0.15) is 17.8 Å². The second kappa shape index (κ2) is 10.9. The van der Waals surface area contributed by atoms with Crippen molar-refractivity contribution >= 4 is 38.1 Å². The number of carbonyl (C=O) groups excluding carboxylic acids is 1. The molecule has 0 amide bonds. The molecule has 10 heteroatoms. The predicted molar refractivity (Wildman–Crippen MR) is 152 cm³/mol. The molecule has 1 aliphatic rings. The lowest BCUT2D eigenvalue weighted by atomic mass is 9.89. The third-order valence-corrected chi connectivity index (χ3v) is 9.17. The van der Waals surface area contributed by atoms with E-state index in [0.29, 0.717) is 22.5 Å². The number of esters is 1. The zero-order valence-electron chi connectivity index (χ0n) is 22.3. The molecule has 1 N–H and O–H groups in total. The van der Waals surface area contributed by atoms with Crippen LogP contribution in [0.15, 0.2) is 78.0 Å². The smallest absolute Gasteiger partial charge is 0.313 e. The quantitative estimate of drug-likeness (QED) is 0.277. The molecular weight excluding hydrogens is 526 g/mol. The Morgan fingerprint density at radius 2 is 1.75 bits per heavy atom. The minimum atomic E-state index is -3.89. The number of fused-ring (bicyclic) bond motifs is 3. The summed E-state index contributed by atoms with van der Waals surface area (Å²) in [7, 11) is -3.89. The monoisotopic (exact) mass is 557 g/mol. The molecular formula is C30H31N5O4S. The predicted octanol–water partition coefficient (Wildman–Crippen LogP) is 4.63. The van der Waals surface area contributed by atoms with Gasteiger partial charge in [-0.15, -0.1) is 0 Å². The summed E-state index contributed by atoms with van der Waals surface area (Å²) in [5.41, 5.74) is 3.84. The van der Waals surface area contributed by atoms with Crippen molar-refractivity contribution in [2.45, 2.75) is 43.5 Å². The van der Waals surface area contributed by atoms with Gasteiger partial charge in [-0.1, -0.05) is 48.5 Å². The number of piperidine rings is 1. The molecule has 206 valence electrons. The van der Waals surface area contributed by atoms with Crippen LogP contribution >= 0.6 is 0 Å².